The fourth-order valence-corrected chi connectivity index (χ4v) is 6.17. The number of piperazine rings is 1. The van der Waals surface area contributed by atoms with Crippen molar-refractivity contribution in [2.75, 3.05) is 57.0 Å². The molecule has 2 aliphatic rings. The summed E-state index contributed by atoms with van der Waals surface area (Å²) in [5.41, 5.74) is 0.434. The third-order valence-corrected chi connectivity index (χ3v) is 8.17. The molecule has 244 valence electrons. The van der Waals surface area contributed by atoms with Crippen LogP contribution in [0.5, 0.6) is 0 Å². The normalized spacial score (nSPS) is 18.8. The van der Waals surface area contributed by atoms with Crippen LogP contribution in [0.2, 0.25) is 0 Å². The first-order valence-corrected chi connectivity index (χ1v) is 16.7. The number of carbonyl (C=O) groups is 4. The van der Waals surface area contributed by atoms with Crippen LogP contribution in [-0.4, -0.2) is 121 Å². The van der Waals surface area contributed by atoms with Gasteiger partial charge in [0.2, 0.25) is 5.91 Å². The molecule has 2 unspecified atom stereocenters. The quantitative estimate of drug-likeness (QED) is 0.124. The van der Waals surface area contributed by atoms with Gasteiger partial charge in [-0.2, -0.15) is 25.2 Å². The highest BCUT2D eigenvalue weighted by atomic mass is 32.2. The van der Waals surface area contributed by atoms with Crippen molar-refractivity contribution in [3.8, 4) is 0 Å². The number of hydrogen-bond donors (Lipinski definition) is 2. The monoisotopic (exact) mass is 660 g/mol. The Morgan fingerprint density at radius 2 is 1.86 bits per heavy atom. The summed E-state index contributed by atoms with van der Waals surface area (Å²) in [6.07, 6.45) is -0.268. The van der Waals surface area contributed by atoms with Gasteiger partial charge in [0.15, 0.2) is 0 Å². The summed E-state index contributed by atoms with van der Waals surface area (Å²) in [5.74, 6) is -0.983. The Morgan fingerprint density at radius 1 is 1.18 bits per heavy atom. The van der Waals surface area contributed by atoms with Gasteiger partial charge in [0.25, 0.3) is 21.7 Å². The number of nitro groups is 1. The van der Waals surface area contributed by atoms with Gasteiger partial charge in [0, 0.05) is 69.2 Å². The fourth-order valence-electron chi connectivity index (χ4n) is 4.45. The van der Waals surface area contributed by atoms with Gasteiger partial charge < -0.3 is 25.1 Å². The van der Waals surface area contributed by atoms with Gasteiger partial charge in [-0.3, -0.25) is 23.9 Å². The van der Waals surface area contributed by atoms with Crippen LogP contribution in [0.25, 0.3) is 0 Å². The Hall–Kier alpha value is -3.52. The lowest BCUT2D eigenvalue weighted by atomic mass is 10.2. The lowest BCUT2D eigenvalue weighted by molar-refractivity contribution is -0.384. The molecule has 2 atom stereocenters. The van der Waals surface area contributed by atoms with Gasteiger partial charge >= 0.3 is 12.1 Å². The third-order valence-electron chi connectivity index (χ3n) is 6.43. The molecule has 0 bridgehead atoms. The number of ether oxygens (including phenoxy) is 1. The van der Waals surface area contributed by atoms with E-state index < -0.39 is 51.1 Å². The van der Waals surface area contributed by atoms with E-state index in [0.717, 1.165) is 11.4 Å². The summed E-state index contributed by atoms with van der Waals surface area (Å²) in [7, 11) is -3.77. The Balaban J connectivity index is 1.47. The van der Waals surface area contributed by atoms with Crippen LogP contribution in [0.15, 0.2) is 24.3 Å². The average Bonchev–Trinajstić information content (AvgIpc) is 3.37. The Bertz CT molecular complexity index is 1290. The van der Waals surface area contributed by atoms with E-state index in [2.05, 4.69) is 10.6 Å². The molecule has 0 saturated carbocycles. The van der Waals surface area contributed by atoms with Crippen LogP contribution in [0.3, 0.4) is 0 Å². The van der Waals surface area contributed by atoms with Crippen molar-refractivity contribution in [2.24, 2.45) is 0 Å². The SMILES string of the molecule is CC(=O)ON(C(=O)CNC(=O)CCSCC1CC(OS(C)(=O)=O)CN1C(=O)OCc1ccc([N+](=O)[O-])cc1)N1CCNCC1. The molecule has 2 N–H and O–H groups in total. The molecule has 0 aromatic heterocycles. The summed E-state index contributed by atoms with van der Waals surface area (Å²) in [4.78, 5) is 66.1. The summed E-state index contributed by atoms with van der Waals surface area (Å²) in [5, 5.41) is 18.9. The number of hydrazine groups is 1. The van der Waals surface area contributed by atoms with Crippen LogP contribution in [0.4, 0.5) is 10.5 Å². The van der Waals surface area contributed by atoms with Gasteiger partial charge in [0.1, 0.15) is 13.2 Å². The number of nitrogens with zero attached hydrogens (tertiary/aromatic N) is 4. The van der Waals surface area contributed by atoms with Gasteiger partial charge in [0.05, 0.1) is 23.8 Å². The molecule has 44 heavy (non-hydrogen) atoms. The number of thioether (sulfide) groups is 1. The molecule has 3 amide bonds. The Labute approximate surface area is 258 Å². The summed E-state index contributed by atoms with van der Waals surface area (Å²) in [6, 6.07) is 5.08. The number of likely N-dealkylation sites (tertiary alicyclic amines) is 1. The highest BCUT2D eigenvalue weighted by Gasteiger charge is 2.38. The maximum Gasteiger partial charge on any atom is 0.410 e. The first-order valence-electron chi connectivity index (χ1n) is 13.7. The lowest BCUT2D eigenvalue weighted by Gasteiger charge is -2.34. The van der Waals surface area contributed by atoms with Crippen LogP contribution >= 0.6 is 11.8 Å². The van der Waals surface area contributed by atoms with Crippen molar-refractivity contribution in [2.45, 2.75) is 38.5 Å². The van der Waals surface area contributed by atoms with Gasteiger partial charge in [-0.15, -0.1) is 0 Å². The van der Waals surface area contributed by atoms with E-state index in [4.69, 9.17) is 13.8 Å². The zero-order chi connectivity index (χ0) is 32.3. The molecule has 2 heterocycles. The predicted octanol–water partition coefficient (Wildman–Crippen LogP) is 0.0169. The molecule has 0 aliphatic carbocycles. The van der Waals surface area contributed by atoms with Gasteiger partial charge in [-0.25, -0.2) is 9.59 Å². The van der Waals surface area contributed by atoms with Crippen LogP contribution in [0.1, 0.15) is 25.3 Å². The van der Waals surface area contributed by atoms with Crippen molar-refractivity contribution in [1.29, 1.82) is 0 Å². The minimum atomic E-state index is -3.77. The van der Waals surface area contributed by atoms with E-state index >= 15 is 0 Å². The number of amides is 3. The maximum atomic E-state index is 12.9. The third kappa shape index (κ3) is 11.5. The second-order valence-corrected chi connectivity index (χ2v) is 12.7. The van der Waals surface area contributed by atoms with Crippen molar-refractivity contribution in [1.82, 2.24) is 25.7 Å². The molecule has 17 nitrogen and oxygen atoms in total. The molecule has 19 heteroatoms. The van der Waals surface area contributed by atoms with E-state index in [9.17, 15) is 37.7 Å². The summed E-state index contributed by atoms with van der Waals surface area (Å²) < 4.78 is 33.8. The second-order valence-electron chi connectivity index (χ2n) is 10.00. The molecule has 1 aromatic carbocycles. The first-order chi connectivity index (χ1) is 20.8. The van der Waals surface area contributed by atoms with Crippen LogP contribution in [0, 0.1) is 10.1 Å². The average molecular weight is 661 g/mol. The van der Waals surface area contributed by atoms with E-state index in [-0.39, 0.29) is 38.2 Å². The molecule has 0 radical (unpaired) electrons. The molecule has 2 aliphatic heterocycles. The standard InChI is InChI=1S/C25H36N6O11S2/c1-18(32)41-30(28-10-8-26-9-11-28)24(34)14-27-23(33)7-12-43-17-21-13-22(42-44(2,38)39)15-29(21)25(35)40-16-19-3-5-20(6-4-19)31(36)37/h3-6,21-22,26H,7-17H2,1-2H3,(H,27,33). The predicted molar refractivity (Wildman–Crippen MR) is 156 cm³/mol. The number of nitro benzene ring substituents is 1. The Kier molecular flexibility index (Phi) is 13.1. The number of hydroxylamine groups is 1. The summed E-state index contributed by atoms with van der Waals surface area (Å²) >= 11 is 1.35. The number of rotatable bonds is 13. The van der Waals surface area contributed by atoms with E-state index in [1.54, 1.807) is 5.01 Å². The van der Waals surface area contributed by atoms with Crippen LogP contribution in [-0.2, 0) is 44.9 Å². The molecule has 0 spiro atoms. The van der Waals surface area contributed by atoms with Gasteiger partial charge in [-0.1, -0.05) is 5.17 Å². The maximum absolute atomic E-state index is 12.9. The first kappa shape index (κ1) is 35.0. The largest absolute Gasteiger partial charge is 0.445 e. The molecular weight excluding hydrogens is 624 g/mol. The molecule has 3 rings (SSSR count). The van der Waals surface area contributed by atoms with Crippen LogP contribution < -0.4 is 10.6 Å². The zero-order valence-corrected chi connectivity index (χ0v) is 26.0. The molecule has 1 aromatic rings. The highest BCUT2D eigenvalue weighted by molar-refractivity contribution is 7.99. The van der Waals surface area contributed by atoms with Crippen molar-refractivity contribution in [3.63, 3.8) is 0 Å². The van der Waals surface area contributed by atoms with E-state index in [1.807, 2.05) is 0 Å². The van der Waals surface area contributed by atoms with E-state index in [0.29, 0.717) is 43.2 Å². The smallest absolute Gasteiger partial charge is 0.410 e. The minimum Gasteiger partial charge on any atom is -0.445 e. The molecule has 2 saturated heterocycles. The number of carbonyl (C=O) groups excluding carboxylic acids is 4. The molecular formula is C25H36N6O11S2. The zero-order valence-electron chi connectivity index (χ0n) is 24.3. The van der Waals surface area contributed by atoms with Crippen molar-refractivity contribution in [3.05, 3.63) is 39.9 Å². The number of benzene rings is 1. The fraction of sp³-hybridized carbons (Fsp3) is 0.600. The topological polar surface area (TPSA) is 207 Å². The summed E-state index contributed by atoms with van der Waals surface area (Å²) in [6.45, 7) is 2.74. The Morgan fingerprint density at radius 3 is 2.48 bits per heavy atom. The van der Waals surface area contributed by atoms with Gasteiger partial charge in [-0.05, 0) is 24.1 Å². The highest BCUT2D eigenvalue weighted by Crippen LogP contribution is 2.26. The van der Waals surface area contributed by atoms with E-state index in [1.165, 1.54) is 47.9 Å². The number of non-ortho nitro benzene ring substituents is 1. The van der Waals surface area contributed by atoms with Crippen molar-refractivity contribution >= 4 is 51.4 Å². The minimum absolute atomic E-state index is 0.0219. The second kappa shape index (κ2) is 16.5. The van der Waals surface area contributed by atoms with Crippen molar-refractivity contribution < 1.29 is 46.3 Å². The number of hydrogen-bond acceptors (Lipinski definition) is 14. The molecule has 2 fully saturated rings. The lowest BCUT2D eigenvalue weighted by Crippen LogP contribution is -2.56. The number of nitrogens with one attached hydrogen (secondary N) is 2.